The number of benzene rings is 2. The molecule has 1 aliphatic rings. The van der Waals surface area contributed by atoms with Gasteiger partial charge in [-0.05, 0) is 48.9 Å². The van der Waals surface area contributed by atoms with Gasteiger partial charge in [0, 0.05) is 49.4 Å². The minimum Gasteiger partial charge on any atom is -0.388 e. The number of rotatable bonds is 6. The highest BCUT2D eigenvalue weighted by atomic mass is 19.3. The lowest BCUT2D eigenvalue weighted by molar-refractivity contribution is -0.149. The van der Waals surface area contributed by atoms with Gasteiger partial charge in [-0.1, -0.05) is 30.9 Å². The highest BCUT2D eigenvalue weighted by Gasteiger charge is 2.23. The lowest BCUT2D eigenvalue weighted by atomic mass is 10.0. The molecule has 34 heavy (non-hydrogen) atoms. The fourth-order valence-electron chi connectivity index (χ4n) is 2.75. The second-order valence-corrected chi connectivity index (χ2v) is 7.68. The number of hydrogen-bond acceptors (Lipinski definition) is 5. The zero-order valence-electron chi connectivity index (χ0n) is 20.0. The quantitative estimate of drug-likeness (QED) is 0.643. The molecule has 1 fully saturated rings. The molecule has 2 aromatic carbocycles. The molecule has 1 heterocycles. The Hall–Kier alpha value is -3.12. The van der Waals surface area contributed by atoms with E-state index in [2.05, 4.69) is 38.9 Å². The predicted molar refractivity (Wildman–Crippen MR) is 127 cm³/mol. The first-order valence-corrected chi connectivity index (χ1v) is 10.6. The van der Waals surface area contributed by atoms with Gasteiger partial charge in [-0.2, -0.15) is 0 Å². The summed E-state index contributed by atoms with van der Waals surface area (Å²) >= 11 is 0. The summed E-state index contributed by atoms with van der Waals surface area (Å²) in [6.07, 6.45) is -2.47. The summed E-state index contributed by atoms with van der Waals surface area (Å²) in [5.41, 5.74) is 3.32. The van der Waals surface area contributed by atoms with Crippen molar-refractivity contribution in [2.75, 3.05) is 27.7 Å². The number of nitrogens with zero attached hydrogens (tertiary/aromatic N) is 1. The lowest BCUT2D eigenvalue weighted by Gasteiger charge is -2.30. The van der Waals surface area contributed by atoms with E-state index >= 15 is 0 Å². The minimum atomic E-state index is -2.47. The third-order valence-corrected chi connectivity index (χ3v) is 4.95. The van der Waals surface area contributed by atoms with Gasteiger partial charge in [0.15, 0.2) is 0 Å². The molecule has 0 aliphatic carbocycles. The molecule has 2 aromatic rings. The first kappa shape index (κ1) is 28.9. The third-order valence-electron chi connectivity index (χ3n) is 4.95. The van der Waals surface area contributed by atoms with Gasteiger partial charge in [0.2, 0.25) is 6.43 Å². The summed E-state index contributed by atoms with van der Waals surface area (Å²) in [5, 5.41) is 2.62. The van der Waals surface area contributed by atoms with Gasteiger partial charge in [-0.3, -0.25) is 9.69 Å². The van der Waals surface area contributed by atoms with Crippen LogP contribution in [0.1, 0.15) is 40.9 Å². The van der Waals surface area contributed by atoms with Gasteiger partial charge >= 0.3 is 0 Å². The first-order chi connectivity index (χ1) is 16.3. The number of halogens is 2. The highest BCUT2D eigenvalue weighted by Crippen LogP contribution is 2.14. The number of carbonyl (C=O) groups excluding carboxylic acids is 2. The molecule has 0 saturated carbocycles. The largest absolute Gasteiger partial charge is 0.388 e. The molecule has 0 radical (unpaired) electrons. The van der Waals surface area contributed by atoms with Crippen molar-refractivity contribution in [1.29, 1.82) is 0 Å². The van der Waals surface area contributed by atoms with Crippen LogP contribution < -0.4 is 5.32 Å². The highest BCUT2D eigenvalue weighted by molar-refractivity contribution is 5.94. The van der Waals surface area contributed by atoms with Crippen molar-refractivity contribution in [3.8, 4) is 11.8 Å². The van der Waals surface area contributed by atoms with E-state index in [0.29, 0.717) is 19.0 Å². The van der Waals surface area contributed by atoms with Crippen LogP contribution in [-0.4, -0.2) is 57.7 Å². The fraction of sp³-hybridized carbons (Fsp3) is 0.385. The number of alkyl halides is 2. The molecule has 184 valence electrons. The van der Waals surface area contributed by atoms with Crippen LogP contribution in [0.15, 0.2) is 48.5 Å². The van der Waals surface area contributed by atoms with Crippen LogP contribution in [0.5, 0.6) is 0 Å². The molecule has 8 heteroatoms. The number of nitrogens with one attached hydrogen (secondary N) is 1. The summed E-state index contributed by atoms with van der Waals surface area (Å²) in [4.78, 5) is 22.4. The number of carbonyl (C=O) groups is 2. The van der Waals surface area contributed by atoms with Crippen molar-refractivity contribution in [3.05, 3.63) is 70.8 Å². The van der Waals surface area contributed by atoms with Gasteiger partial charge in [0.1, 0.15) is 20.3 Å². The van der Waals surface area contributed by atoms with Crippen molar-refractivity contribution in [3.63, 3.8) is 0 Å². The molecule has 0 spiro atoms. The lowest BCUT2D eigenvalue weighted by Crippen LogP contribution is -2.39. The van der Waals surface area contributed by atoms with Crippen LogP contribution in [0.25, 0.3) is 0 Å². The van der Waals surface area contributed by atoms with E-state index in [0.717, 1.165) is 17.7 Å². The van der Waals surface area contributed by atoms with Gasteiger partial charge in [-0.15, -0.1) is 0 Å². The van der Waals surface area contributed by atoms with E-state index < -0.39 is 18.4 Å². The SMILES string of the molecule is C=O.CC(NC(=O)c1ccc(C#Cc2ccc(CN3COC3)cc2)cc1)C(C)C(F)F.COC. The molecule has 2 unspecified atom stereocenters. The Morgan fingerprint density at radius 2 is 1.50 bits per heavy atom. The summed E-state index contributed by atoms with van der Waals surface area (Å²) in [5.74, 6) is 4.90. The van der Waals surface area contributed by atoms with Crippen LogP contribution in [0, 0.1) is 17.8 Å². The molecule has 1 N–H and O–H groups in total. The van der Waals surface area contributed by atoms with Crippen LogP contribution in [-0.2, 0) is 20.8 Å². The predicted octanol–water partition coefficient (Wildman–Crippen LogP) is 3.93. The van der Waals surface area contributed by atoms with Crippen molar-refractivity contribution >= 4 is 12.7 Å². The summed E-state index contributed by atoms with van der Waals surface area (Å²) in [7, 11) is 3.25. The van der Waals surface area contributed by atoms with Crippen LogP contribution in [0.2, 0.25) is 0 Å². The number of hydrogen-bond donors (Lipinski definition) is 1. The van der Waals surface area contributed by atoms with Gasteiger partial charge in [0.05, 0.1) is 0 Å². The maximum Gasteiger partial charge on any atom is 0.251 e. The molecule has 2 atom stereocenters. The third kappa shape index (κ3) is 9.79. The van der Waals surface area contributed by atoms with Crippen LogP contribution in [0.3, 0.4) is 0 Å². The Kier molecular flexibility index (Phi) is 13.3. The average molecular weight is 475 g/mol. The van der Waals surface area contributed by atoms with E-state index in [9.17, 15) is 13.6 Å². The normalized spacial score (nSPS) is 14.1. The van der Waals surface area contributed by atoms with Gasteiger partial charge < -0.3 is 19.6 Å². The maximum atomic E-state index is 12.7. The number of ether oxygens (including phenoxy) is 2. The summed E-state index contributed by atoms with van der Waals surface area (Å²) in [6.45, 7) is 7.23. The molecule has 6 nitrogen and oxygen atoms in total. The fourth-order valence-corrected chi connectivity index (χ4v) is 2.75. The van der Waals surface area contributed by atoms with Crippen LogP contribution in [0.4, 0.5) is 8.78 Å². The van der Waals surface area contributed by atoms with E-state index in [4.69, 9.17) is 9.53 Å². The molecular formula is C26H32F2N2O4. The summed E-state index contributed by atoms with van der Waals surface area (Å²) in [6, 6.07) is 14.3. The second kappa shape index (κ2) is 15.7. The van der Waals surface area contributed by atoms with Crippen molar-refractivity contribution in [2.45, 2.75) is 32.9 Å². The van der Waals surface area contributed by atoms with Crippen molar-refractivity contribution < 1.29 is 27.8 Å². The summed E-state index contributed by atoms with van der Waals surface area (Å²) < 4.78 is 34.8. The molecule has 1 aliphatic heterocycles. The molecule has 0 aromatic heterocycles. The van der Waals surface area contributed by atoms with E-state index in [1.165, 1.54) is 12.5 Å². The Morgan fingerprint density at radius 1 is 1.03 bits per heavy atom. The van der Waals surface area contributed by atoms with Gasteiger partial charge in [0.25, 0.3) is 5.91 Å². The Morgan fingerprint density at radius 3 is 1.91 bits per heavy atom. The smallest absolute Gasteiger partial charge is 0.251 e. The van der Waals surface area contributed by atoms with Crippen molar-refractivity contribution in [1.82, 2.24) is 10.2 Å². The number of methoxy groups -OCH3 is 1. The van der Waals surface area contributed by atoms with E-state index in [-0.39, 0.29) is 5.91 Å². The monoisotopic (exact) mass is 474 g/mol. The molecule has 1 saturated heterocycles. The topological polar surface area (TPSA) is 67.9 Å². The van der Waals surface area contributed by atoms with Crippen molar-refractivity contribution in [2.24, 2.45) is 5.92 Å². The van der Waals surface area contributed by atoms with E-state index in [1.807, 2.05) is 18.9 Å². The minimum absolute atomic E-state index is 0.368. The zero-order chi connectivity index (χ0) is 25.5. The average Bonchev–Trinajstić information content (AvgIpc) is 2.82. The number of amides is 1. The molecule has 1 amide bonds. The Labute approximate surface area is 200 Å². The maximum absolute atomic E-state index is 12.7. The van der Waals surface area contributed by atoms with Gasteiger partial charge in [-0.25, -0.2) is 8.78 Å². The Bertz CT molecular complexity index is 921. The zero-order valence-corrected chi connectivity index (χ0v) is 20.0. The molecular weight excluding hydrogens is 442 g/mol. The van der Waals surface area contributed by atoms with E-state index in [1.54, 1.807) is 45.4 Å². The first-order valence-electron chi connectivity index (χ1n) is 10.6. The Balaban J connectivity index is 0.00000107. The standard InChI is InChI=1S/C23H24F2N2O2.C2H6O.CH2O/c1-16(22(24)25)17(2)26-23(28)21-11-9-19(10-12-21)4-3-18-5-7-20(8-6-18)13-27-14-29-15-27;1-3-2;1-2/h5-12,16-17,22H,13-15H2,1-2H3,(H,26,28);1-2H3;1H2. The van der Waals surface area contributed by atoms with Crippen LogP contribution >= 0.6 is 0 Å². The second-order valence-electron chi connectivity index (χ2n) is 7.68. The molecule has 3 rings (SSSR count). The molecule has 0 bridgehead atoms.